The summed E-state index contributed by atoms with van der Waals surface area (Å²) in [6.07, 6.45) is -1.05. The highest BCUT2D eigenvalue weighted by atomic mass is 127. The number of hydrogen-bond donors (Lipinski definition) is 3. The number of hydrazine groups is 1. The number of phenols is 1. The van der Waals surface area contributed by atoms with Gasteiger partial charge in [-0.15, -0.1) is 0 Å². The predicted molar refractivity (Wildman–Crippen MR) is 82.2 cm³/mol. The smallest absolute Gasteiger partial charge is 0.421 e. The second kappa shape index (κ2) is 7.16. The fraction of sp³-hybridized carbons (Fsp3) is 0.417. The summed E-state index contributed by atoms with van der Waals surface area (Å²) < 4.78 is 0.632. The number of carboxylic acid groups (broad SMARTS) is 1. The minimum Gasteiger partial charge on any atom is -0.507 e. The molecule has 5 nitrogen and oxygen atoms in total. The molecule has 1 rings (SSSR count). The molecule has 1 aromatic carbocycles. The number of hydrogen-bond acceptors (Lipinski definition) is 3. The van der Waals surface area contributed by atoms with Gasteiger partial charge in [-0.3, -0.25) is 0 Å². The van der Waals surface area contributed by atoms with E-state index in [1.165, 1.54) is 0 Å². The molecule has 0 spiro atoms. The van der Waals surface area contributed by atoms with Gasteiger partial charge in [-0.1, -0.05) is 25.4 Å². The lowest BCUT2D eigenvalue weighted by atomic mass is 10.2. The number of benzene rings is 1. The van der Waals surface area contributed by atoms with E-state index in [0.717, 1.165) is 5.01 Å². The maximum atomic E-state index is 11.0. The van der Waals surface area contributed by atoms with Crippen LogP contribution in [0.15, 0.2) is 12.1 Å². The molecule has 0 radical (unpaired) electrons. The standard InChI is InChI=1S/C12H16ClIN2O3/c1-7(2)6-16(12(18)19)15-5-8-3-9(13)4-10(14)11(8)17/h3-4,7,15,17H,5-6H2,1-2H3,(H,18,19). The number of phenolic OH excluding ortho intramolecular Hbond substituents is 1. The molecule has 0 saturated heterocycles. The molecule has 3 N–H and O–H groups in total. The van der Waals surface area contributed by atoms with E-state index < -0.39 is 6.09 Å². The lowest BCUT2D eigenvalue weighted by molar-refractivity contribution is 0.111. The predicted octanol–water partition coefficient (Wildman–Crippen LogP) is 3.29. The first-order valence-corrected chi connectivity index (χ1v) is 7.17. The van der Waals surface area contributed by atoms with E-state index in [1.807, 2.05) is 36.4 Å². The molecular weight excluding hydrogens is 383 g/mol. The highest BCUT2D eigenvalue weighted by molar-refractivity contribution is 14.1. The fourth-order valence-corrected chi connectivity index (χ4v) is 2.62. The Morgan fingerprint density at radius 1 is 1.53 bits per heavy atom. The highest BCUT2D eigenvalue weighted by Gasteiger charge is 2.14. The normalized spacial score (nSPS) is 10.8. The summed E-state index contributed by atoms with van der Waals surface area (Å²) >= 11 is 7.88. The molecule has 0 fully saturated rings. The first kappa shape index (κ1) is 16.3. The molecule has 0 aromatic heterocycles. The van der Waals surface area contributed by atoms with Gasteiger partial charge in [0.25, 0.3) is 0 Å². The van der Waals surface area contributed by atoms with Gasteiger partial charge in [0.05, 0.1) is 3.57 Å². The van der Waals surface area contributed by atoms with Crippen molar-refractivity contribution in [2.45, 2.75) is 20.4 Å². The van der Waals surface area contributed by atoms with Gasteiger partial charge in [-0.25, -0.2) is 15.2 Å². The largest absolute Gasteiger partial charge is 0.507 e. The molecule has 1 amide bonds. The summed E-state index contributed by atoms with van der Waals surface area (Å²) in [4.78, 5) is 11.0. The van der Waals surface area contributed by atoms with Gasteiger partial charge in [0.1, 0.15) is 5.75 Å². The lowest BCUT2D eigenvalue weighted by Crippen LogP contribution is -2.43. The van der Waals surface area contributed by atoms with Crippen molar-refractivity contribution in [2.24, 2.45) is 5.92 Å². The van der Waals surface area contributed by atoms with Crippen LogP contribution in [-0.4, -0.2) is 27.9 Å². The third-order valence-corrected chi connectivity index (χ3v) is 3.39. The average Bonchev–Trinajstić information content (AvgIpc) is 2.29. The Hall–Kier alpha value is -0.730. The molecule has 19 heavy (non-hydrogen) atoms. The van der Waals surface area contributed by atoms with Gasteiger partial charge in [0.2, 0.25) is 0 Å². The topological polar surface area (TPSA) is 72.8 Å². The van der Waals surface area contributed by atoms with E-state index in [0.29, 0.717) is 20.7 Å². The molecule has 7 heteroatoms. The minimum atomic E-state index is -1.05. The van der Waals surface area contributed by atoms with Crippen molar-refractivity contribution in [1.29, 1.82) is 0 Å². The molecule has 0 atom stereocenters. The Kier molecular flexibility index (Phi) is 6.15. The van der Waals surface area contributed by atoms with Crippen LogP contribution in [-0.2, 0) is 6.54 Å². The first-order valence-electron chi connectivity index (χ1n) is 5.72. The van der Waals surface area contributed by atoms with Crippen molar-refractivity contribution in [3.8, 4) is 5.75 Å². The quantitative estimate of drug-likeness (QED) is 0.526. The van der Waals surface area contributed by atoms with Crippen molar-refractivity contribution in [3.05, 3.63) is 26.3 Å². The fourth-order valence-electron chi connectivity index (χ4n) is 1.51. The Bertz CT molecular complexity index is 469. The van der Waals surface area contributed by atoms with Crippen LogP contribution in [0.3, 0.4) is 0 Å². The van der Waals surface area contributed by atoms with E-state index in [1.54, 1.807) is 12.1 Å². The number of halogens is 2. The van der Waals surface area contributed by atoms with Gasteiger partial charge in [0.15, 0.2) is 0 Å². The van der Waals surface area contributed by atoms with E-state index >= 15 is 0 Å². The Labute approximate surface area is 130 Å². The van der Waals surface area contributed by atoms with E-state index in [4.69, 9.17) is 16.7 Å². The summed E-state index contributed by atoms with van der Waals surface area (Å²) in [6, 6.07) is 3.26. The van der Waals surface area contributed by atoms with Crippen LogP contribution >= 0.6 is 34.2 Å². The molecule has 0 bridgehead atoms. The van der Waals surface area contributed by atoms with E-state index in [2.05, 4.69) is 5.43 Å². The number of amides is 1. The molecule has 106 valence electrons. The van der Waals surface area contributed by atoms with Gasteiger partial charge in [0, 0.05) is 23.7 Å². The van der Waals surface area contributed by atoms with Crippen molar-refractivity contribution in [3.63, 3.8) is 0 Å². The maximum absolute atomic E-state index is 11.0. The van der Waals surface area contributed by atoms with Crippen LogP contribution in [0.1, 0.15) is 19.4 Å². The number of rotatable bonds is 5. The molecule has 0 heterocycles. The second-order valence-electron chi connectivity index (χ2n) is 4.52. The summed E-state index contributed by atoms with van der Waals surface area (Å²) in [7, 11) is 0. The second-order valence-corrected chi connectivity index (χ2v) is 6.12. The third kappa shape index (κ3) is 5.04. The van der Waals surface area contributed by atoms with Crippen molar-refractivity contribution in [1.82, 2.24) is 10.4 Å². The third-order valence-electron chi connectivity index (χ3n) is 2.35. The van der Waals surface area contributed by atoms with E-state index in [-0.39, 0.29) is 18.2 Å². The minimum absolute atomic E-state index is 0.118. The maximum Gasteiger partial charge on any atom is 0.421 e. The van der Waals surface area contributed by atoms with Crippen molar-refractivity contribution < 1.29 is 15.0 Å². The zero-order chi connectivity index (χ0) is 14.6. The Morgan fingerprint density at radius 3 is 2.68 bits per heavy atom. The summed E-state index contributed by atoms with van der Waals surface area (Å²) in [5, 5.41) is 20.5. The molecule has 0 aliphatic rings. The summed E-state index contributed by atoms with van der Waals surface area (Å²) in [5.74, 6) is 0.323. The van der Waals surface area contributed by atoms with Crippen LogP contribution in [0, 0.1) is 9.49 Å². The average molecular weight is 399 g/mol. The van der Waals surface area contributed by atoms with Crippen LogP contribution in [0.2, 0.25) is 5.02 Å². The van der Waals surface area contributed by atoms with Gasteiger partial charge < -0.3 is 10.2 Å². The molecule has 0 saturated carbocycles. The zero-order valence-electron chi connectivity index (χ0n) is 10.7. The Balaban J connectivity index is 2.77. The van der Waals surface area contributed by atoms with Gasteiger partial charge in [-0.2, -0.15) is 0 Å². The number of nitrogens with one attached hydrogen (secondary N) is 1. The lowest BCUT2D eigenvalue weighted by Gasteiger charge is -2.22. The SMILES string of the molecule is CC(C)CN(NCc1cc(Cl)cc(I)c1O)C(=O)O. The molecule has 1 aromatic rings. The molecular formula is C12H16ClIN2O3. The van der Waals surface area contributed by atoms with Crippen molar-refractivity contribution in [2.75, 3.05) is 6.54 Å². The molecule has 0 unspecified atom stereocenters. The van der Waals surface area contributed by atoms with Crippen molar-refractivity contribution >= 4 is 40.3 Å². The van der Waals surface area contributed by atoms with Crippen LogP contribution in [0.25, 0.3) is 0 Å². The van der Waals surface area contributed by atoms with Crippen LogP contribution < -0.4 is 5.43 Å². The number of nitrogens with zero attached hydrogens (tertiary/aromatic N) is 1. The van der Waals surface area contributed by atoms with Gasteiger partial charge >= 0.3 is 6.09 Å². The Morgan fingerprint density at radius 2 is 2.16 bits per heavy atom. The van der Waals surface area contributed by atoms with Crippen LogP contribution in [0.4, 0.5) is 4.79 Å². The van der Waals surface area contributed by atoms with E-state index in [9.17, 15) is 9.90 Å². The highest BCUT2D eigenvalue weighted by Crippen LogP contribution is 2.28. The number of aromatic hydroxyl groups is 1. The summed E-state index contributed by atoms with van der Waals surface area (Å²) in [6.45, 7) is 4.42. The summed E-state index contributed by atoms with van der Waals surface area (Å²) in [5.41, 5.74) is 3.34. The van der Waals surface area contributed by atoms with Crippen LogP contribution in [0.5, 0.6) is 5.75 Å². The molecule has 0 aliphatic heterocycles. The molecule has 0 aliphatic carbocycles. The monoisotopic (exact) mass is 398 g/mol. The zero-order valence-corrected chi connectivity index (χ0v) is 13.6. The van der Waals surface area contributed by atoms with Gasteiger partial charge in [-0.05, 0) is 40.6 Å². The first-order chi connectivity index (χ1) is 8.81. The number of carbonyl (C=O) groups is 1.